The van der Waals surface area contributed by atoms with Crippen molar-refractivity contribution in [3.8, 4) is 5.75 Å². The third-order valence-corrected chi connectivity index (χ3v) is 4.88. The van der Waals surface area contributed by atoms with Crippen LogP contribution in [-0.2, 0) is 9.47 Å². The van der Waals surface area contributed by atoms with Crippen LogP contribution in [-0.4, -0.2) is 55.1 Å². The molecule has 0 saturated carbocycles. The van der Waals surface area contributed by atoms with Crippen LogP contribution < -0.4 is 15.0 Å². The second-order valence-electron chi connectivity index (χ2n) is 6.52. The van der Waals surface area contributed by atoms with Gasteiger partial charge in [-0.25, -0.2) is 9.97 Å². The molecule has 0 unspecified atom stereocenters. The first-order chi connectivity index (χ1) is 13.2. The summed E-state index contributed by atoms with van der Waals surface area (Å²) in [4.78, 5) is 23.3. The van der Waals surface area contributed by atoms with Gasteiger partial charge in [-0.15, -0.1) is 0 Å². The molecule has 0 aliphatic carbocycles. The summed E-state index contributed by atoms with van der Waals surface area (Å²) in [7, 11) is 1.56. The van der Waals surface area contributed by atoms with Crippen LogP contribution in [0.5, 0.6) is 5.75 Å². The Morgan fingerprint density at radius 2 is 1.81 bits per heavy atom. The Kier molecular flexibility index (Phi) is 4.91. The van der Waals surface area contributed by atoms with E-state index in [9.17, 15) is 4.79 Å². The van der Waals surface area contributed by atoms with Gasteiger partial charge in [0.05, 0.1) is 31.6 Å². The Labute approximate surface area is 157 Å². The molecule has 2 fully saturated rings. The van der Waals surface area contributed by atoms with Gasteiger partial charge in [-0.05, 0) is 12.1 Å². The number of nitrogens with zero attached hydrogens (tertiary/aromatic N) is 3. The third-order valence-electron chi connectivity index (χ3n) is 4.88. The van der Waals surface area contributed by atoms with Crippen molar-refractivity contribution in [2.45, 2.75) is 18.6 Å². The van der Waals surface area contributed by atoms with Crippen LogP contribution in [0.25, 0.3) is 0 Å². The van der Waals surface area contributed by atoms with Crippen molar-refractivity contribution in [1.29, 1.82) is 0 Å². The van der Waals surface area contributed by atoms with E-state index in [4.69, 9.17) is 14.2 Å². The van der Waals surface area contributed by atoms with Crippen LogP contribution in [0.2, 0.25) is 0 Å². The zero-order valence-corrected chi connectivity index (χ0v) is 15.2. The number of para-hydroxylation sites is 2. The summed E-state index contributed by atoms with van der Waals surface area (Å²) in [5.74, 6) is 0.500. The highest BCUT2D eigenvalue weighted by molar-refractivity contribution is 6.04. The first-order valence-corrected chi connectivity index (χ1v) is 8.98. The number of carbonyl (C=O) groups is 1. The van der Waals surface area contributed by atoms with E-state index in [1.54, 1.807) is 31.6 Å². The number of piperidine rings is 1. The molecule has 1 aromatic carbocycles. The van der Waals surface area contributed by atoms with E-state index < -0.39 is 5.79 Å². The lowest BCUT2D eigenvalue weighted by molar-refractivity contribution is -0.169. The first-order valence-electron chi connectivity index (χ1n) is 8.98. The third kappa shape index (κ3) is 3.72. The summed E-state index contributed by atoms with van der Waals surface area (Å²) in [6.45, 7) is 2.83. The molecule has 2 saturated heterocycles. The number of carbonyl (C=O) groups excluding carboxylic acids is 1. The lowest BCUT2D eigenvalue weighted by Gasteiger charge is -2.37. The Hall–Kier alpha value is -2.71. The smallest absolute Gasteiger partial charge is 0.258 e. The van der Waals surface area contributed by atoms with Crippen LogP contribution in [0.15, 0.2) is 36.7 Å². The van der Waals surface area contributed by atoms with Crippen molar-refractivity contribution in [2.75, 3.05) is 43.6 Å². The van der Waals surface area contributed by atoms with E-state index in [0.29, 0.717) is 36.2 Å². The van der Waals surface area contributed by atoms with E-state index >= 15 is 0 Å². The number of ether oxygens (including phenoxy) is 3. The van der Waals surface area contributed by atoms with E-state index in [0.717, 1.165) is 25.9 Å². The minimum atomic E-state index is -0.426. The molecule has 142 valence electrons. The maximum Gasteiger partial charge on any atom is 0.258 e. The van der Waals surface area contributed by atoms with Crippen molar-refractivity contribution in [3.05, 3.63) is 42.2 Å². The Balaban J connectivity index is 1.39. The van der Waals surface area contributed by atoms with Gasteiger partial charge in [-0.1, -0.05) is 12.1 Å². The highest BCUT2D eigenvalue weighted by Crippen LogP contribution is 2.32. The summed E-state index contributed by atoms with van der Waals surface area (Å²) < 4.78 is 16.7. The number of rotatable bonds is 4. The van der Waals surface area contributed by atoms with Gasteiger partial charge >= 0.3 is 0 Å². The normalized spacial score (nSPS) is 18.5. The summed E-state index contributed by atoms with van der Waals surface area (Å²) >= 11 is 0. The molecule has 8 heteroatoms. The topological polar surface area (TPSA) is 85.8 Å². The molecule has 0 radical (unpaired) electrons. The molecule has 2 aliphatic heterocycles. The highest BCUT2D eigenvalue weighted by atomic mass is 16.7. The van der Waals surface area contributed by atoms with Gasteiger partial charge in [0.15, 0.2) is 5.79 Å². The fraction of sp³-hybridized carbons (Fsp3) is 0.421. The fourth-order valence-corrected chi connectivity index (χ4v) is 3.38. The van der Waals surface area contributed by atoms with Gasteiger partial charge < -0.3 is 24.4 Å². The number of methoxy groups -OCH3 is 1. The van der Waals surface area contributed by atoms with Crippen LogP contribution >= 0.6 is 0 Å². The second kappa shape index (κ2) is 7.50. The van der Waals surface area contributed by atoms with Crippen LogP contribution in [0.4, 0.5) is 11.6 Å². The van der Waals surface area contributed by atoms with Crippen molar-refractivity contribution in [2.24, 2.45) is 0 Å². The molecular formula is C19H22N4O4. The van der Waals surface area contributed by atoms with Gasteiger partial charge in [0.2, 0.25) is 5.95 Å². The Bertz CT molecular complexity index is 796. The largest absolute Gasteiger partial charge is 0.495 e. The van der Waals surface area contributed by atoms with Crippen LogP contribution in [0, 0.1) is 0 Å². The molecular weight excluding hydrogens is 348 g/mol. The highest BCUT2D eigenvalue weighted by Gasteiger charge is 2.40. The number of amides is 1. The van der Waals surface area contributed by atoms with E-state index in [-0.39, 0.29) is 5.91 Å². The summed E-state index contributed by atoms with van der Waals surface area (Å²) in [6.07, 6.45) is 4.65. The minimum Gasteiger partial charge on any atom is -0.495 e. The minimum absolute atomic E-state index is 0.281. The standard InChI is InChI=1S/C19H22N4O4/c1-25-16-5-3-2-4-15(16)22-17(24)14-12-20-18(21-13-14)23-8-6-19(7-9-23)26-10-11-27-19/h2-5,12-13H,6-11H2,1H3,(H,22,24). The molecule has 4 rings (SSSR count). The zero-order chi connectivity index (χ0) is 18.7. The van der Waals surface area contributed by atoms with Crippen LogP contribution in [0.3, 0.4) is 0 Å². The lowest BCUT2D eigenvalue weighted by atomic mass is 10.0. The number of hydrogen-bond donors (Lipinski definition) is 1. The van der Waals surface area contributed by atoms with Crippen molar-refractivity contribution >= 4 is 17.5 Å². The number of hydrogen-bond acceptors (Lipinski definition) is 7. The molecule has 8 nitrogen and oxygen atoms in total. The van der Waals surface area contributed by atoms with Gasteiger partial charge in [-0.3, -0.25) is 4.79 Å². The molecule has 2 aromatic rings. The van der Waals surface area contributed by atoms with Crippen molar-refractivity contribution in [1.82, 2.24) is 9.97 Å². The van der Waals surface area contributed by atoms with E-state index in [1.807, 2.05) is 12.1 Å². The Morgan fingerprint density at radius 3 is 2.48 bits per heavy atom. The van der Waals surface area contributed by atoms with Gasteiger partial charge in [-0.2, -0.15) is 0 Å². The zero-order valence-electron chi connectivity index (χ0n) is 15.2. The van der Waals surface area contributed by atoms with Gasteiger partial charge in [0, 0.05) is 38.3 Å². The molecule has 1 spiro atoms. The molecule has 2 aliphatic rings. The molecule has 1 aromatic heterocycles. The second-order valence-corrected chi connectivity index (χ2v) is 6.52. The summed E-state index contributed by atoms with van der Waals surface area (Å²) in [6, 6.07) is 7.24. The van der Waals surface area contributed by atoms with Gasteiger partial charge in [0.1, 0.15) is 5.75 Å². The SMILES string of the molecule is COc1ccccc1NC(=O)c1cnc(N2CCC3(CC2)OCCO3)nc1. The molecule has 3 heterocycles. The number of benzene rings is 1. The monoisotopic (exact) mass is 370 g/mol. The van der Waals surface area contributed by atoms with E-state index in [2.05, 4.69) is 20.2 Å². The molecule has 0 bridgehead atoms. The maximum atomic E-state index is 12.4. The van der Waals surface area contributed by atoms with Crippen molar-refractivity contribution < 1.29 is 19.0 Å². The van der Waals surface area contributed by atoms with E-state index in [1.165, 1.54) is 0 Å². The summed E-state index contributed by atoms with van der Waals surface area (Å²) in [5.41, 5.74) is 0.993. The average Bonchev–Trinajstić information content (AvgIpc) is 3.17. The molecule has 27 heavy (non-hydrogen) atoms. The first kappa shape index (κ1) is 17.7. The lowest BCUT2D eigenvalue weighted by Crippen LogP contribution is -2.45. The fourth-order valence-electron chi connectivity index (χ4n) is 3.38. The maximum absolute atomic E-state index is 12.4. The Morgan fingerprint density at radius 1 is 1.15 bits per heavy atom. The number of aromatic nitrogens is 2. The van der Waals surface area contributed by atoms with Crippen LogP contribution in [0.1, 0.15) is 23.2 Å². The number of anilines is 2. The molecule has 0 atom stereocenters. The van der Waals surface area contributed by atoms with Crippen molar-refractivity contribution in [3.63, 3.8) is 0 Å². The van der Waals surface area contributed by atoms with Gasteiger partial charge in [0.25, 0.3) is 5.91 Å². The number of nitrogens with one attached hydrogen (secondary N) is 1. The average molecular weight is 370 g/mol. The predicted octanol–water partition coefficient (Wildman–Crippen LogP) is 2.08. The molecule has 1 N–H and O–H groups in total. The summed E-state index contributed by atoms with van der Waals surface area (Å²) in [5, 5.41) is 2.82. The molecule has 1 amide bonds. The quantitative estimate of drug-likeness (QED) is 0.882. The predicted molar refractivity (Wildman–Crippen MR) is 99.1 cm³/mol.